The van der Waals surface area contributed by atoms with Gasteiger partial charge in [-0.3, -0.25) is 4.79 Å². The molecule has 0 radical (unpaired) electrons. The average molecular weight is 317 g/mol. The van der Waals surface area contributed by atoms with Crippen molar-refractivity contribution in [2.75, 3.05) is 0 Å². The molecule has 1 N–H and O–H groups in total. The Balaban J connectivity index is 2.04. The lowest BCUT2D eigenvalue weighted by Gasteiger charge is -2.20. The van der Waals surface area contributed by atoms with E-state index in [0.717, 1.165) is 27.9 Å². The fourth-order valence-corrected chi connectivity index (χ4v) is 2.95. The van der Waals surface area contributed by atoms with Crippen LogP contribution in [-0.4, -0.2) is 14.8 Å². The zero-order chi connectivity index (χ0) is 16.9. The molecule has 0 saturated carbocycles. The van der Waals surface area contributed by atoms with Crippen LogP contribution < -0.4 is 5.56 Å². The molecule has 1 aliphatic rings. The molecule has 0 unspecified atom stereocenters. The quantitative estimate of drug-likeness (QED) is 0.773. The van der Waals surface area contributed by atoms with Gasteiger partial charge in [0.05, 0.1) is 5.54 Å². The van der Waals surface area contributed by atoms with Gasteiger partial charge < -0.3 is 4.98 Å². The number of H-pyrrole nitrogens is 1. The Morgan fingerprint density at radius 3 is 2.42 bits per heavy atom. The highest BCUT2D eigenvalue weighted by Crippen LogP contribution is 2.32. The first kappa shape index (κ1) is 14.7. The molecular formula is C20H19N3O. The van der Waals surface area contributed by atoms with Gasteiger partial charge in [-0.15, -0.1) is 0 Å². The lowest BCUT2D eigenvalue weighted by Crippen LogP contribution is -2.24. The molecule has 0 atom stereocenters. The number of pyridine rings is 1. The molecule has 2 aromatic heterocycles. The Morgan fingerprint density at radius 1 is 1.12 bits per heavy atom. The van der Waals surface area contributed by atoms with Crippen molar-refractivity contribution in [2.45, 2.75) is 26.3 Å². The second kappa shape index (κ2) is 5.06. The molecule has 0 amide bonds. The predicted molar refractivity (Wildman–Crippen MR) is 97.9 cm³/mol. The third-order valence-corrected chi connectivity index (χ3v) is 4.23. The molecule has 1 aromatic carbocycles. The molecule has 0 saturated heterocycles. The van der Waals surface area contributed by atoms with Crippen molar-refractivity contribution < 1.29 is 0 Å². The van der Waals surface area contributed by atoms with Gasteiger partial charge in [0.1, 0.15) is 11.3 Å². The fraction of sp³-hybridized carbons (Fsp3) is 0.200. The van der Waals surface area contributed by atoms with Crippen LogP contribution in [-0.2, 0) is 5.54 Å². The van der Waals surface area contributed by atoms with Crippen molar-refractivity contribution in [3.05, 3.63) is 70.7 Å². The predicted octanol–water partition coefficient (Wildman–Crippen LogP) is 4.10. The van der Waals surface area contributed by atoms with E-state index in [1.54, 1.807) is 0 Å². The minimum atomic E-state index is -0.221. The fourth-order valence-electron chi connectivity index (χ4n) is 2.95. The van der Waals surface area contributed by atoms with Gasteiger partial charge in [-0.25, -0.2) is 4.68 Å². The number of allylic oxidation sites excluding steroid dienone is 4. The lowest BCUT2D eigenvalue weighted by atomic mass is 10.0. The summed E-state index contributed by atoms with van der Waals surface area (Å²) in [5.74, 6) is 0. The van der Waals surface area contributed by atoms with Gasteiger partial charge in [-0.1, -0.05) is 48.6 Å². The first-order valence-electron chi connectivity index (χ1n) is 8.06. The number of hydrogen-bond acceptors (Lipinski definition) is 2. The van der Waals surface area contributed by atoms with Crippen molar-refractivity contribution >= 4 is 16.6 Å². The Labute approximate surface area is 140 Å². The van der Waals surface area contributed by atoms with Crippen LogP contribution in [0.3, 0.4) is 0 Å². The van der Waals surface area contributed by atoms with Crippen molar-refractivity contribution in [2.24, 2.45) is 0 Å². The van der Waals surface area contributed by atoms with E-state index in [0.29, 0.717) is 5.56 Å². The van der Waals surface area contributed by atoms with Crippen LogP contribution in [0.2, 0.25) is 0 Å². The van der Waals surface area contributed by atoms with E-state index < -0.39 is 0 Å². The smallest absolute Gasteiger partial charge is 0.257 e. The summed E-state index contributed by atoms with van der Waals surface area (Å²) in [6.07, 6.45) is 6.09. The molecule has 0 fully saturated rings. The van der Waals surface area contributed by atoms with Gasteiger partial charge in [0, 0.05) is 16.5 Å². The number of nitrogens with one attached hydrogen (secondary N) is 1. The topological polar surface area (TPSA) is 50.7 Å². The summed E-state index contributed by atoms with van der Waals surface area (Å²) in [7, 11) is 0. The van der Waals surface area contributed by atoms with Crippen LogP contribution in [0.1, 0.15) is 26.5 Å². The van der Waals surface area contributed by atoms with Gasteiger partial charge >= 0.3 is 0 Å². The van der Waals surface area contributed by atoms with Gasteiger partial charge in [0.2, 0.25) is 0 Å². The van der Waals surface area contributed by atoms with E-state index in [4.69, 9.17) is 5.10 Å². The number of benzene rings is 1. The van der Waals surface area contributed by atoms with E-state index in [9.17, 15) is 4.79 Å². The molecule has 0 bridgehead atoms. The van der Waals surface area contributed by atoms with E-state index in [2.05, 4.69) is 25.8 Å². The normalized spacial score (nSPS) is 13.9. The summed E-state index contributed by atoms with van der Waals surface area (Å²) in [5.41, 5.74) is 4.04. The molecule has 2 heterocycles. The summed E-state index contributed by atoms with van der Waals surface area (Å²) in [5, 5.41) is 5.76. The summed E-state index contributed by atoms with van der Waals surface area (Å²) in [6, 6.07) is 11.7. The minimum absolute atomic E-state index is 0.0937. The molecule has 1 aliphatic carbocycles. The Bertz CT molecular complexity index is 1040. The number of aromatic nitrogens is 3. The van der Waals surface area contributed by atoms with Crippen molar-refractivity contribution in [1.29, 1.82) is 0 Å². The molecule has 24 heavy (non-hydrogen) atoms. The molecule has 120 valence electrons. The van der Waals surface area contributed by atoms with Gasteiger partial charge in [0.25, 0.3) is 5.56 Å². The van der Waals surface area contributed by atoms with Crippen LogP contribution >= 0.6 is 0 Å². The summed E-state index contributed by atoms with van der Waals surface area (Å²) >= 11 is 0. The largest absolute Gasteiger partial charge is 0.306 e. The Hall–Kier alpha value is -2.88. The van der Waals surface area contributed by atoms with Gasteiger partial charge in [-0.05, 0) is 32.4 Å². The highest BCUT2D eigenvalue weighted by molar-refractivity contribution is 5.96. The monoisotopic (exact) mass is 317 g/mol. The van der Waals surface area contributed by atoms with Crippen LogP contribution in [0.25, 0.3) is 27.7 Å². The minimum Gasteiger partial charge on any atom is -0.306 e. The maximum atomic E-state index is 12.7. The molecular weight excluding hydrogens is 298 g/mol. The van der Waals surface area contributed by atoms with Crippen molar-refractivity contribution in [3.63, 3.8) is 0 Å². The highest BCUT2D eigenvalue weighted by Gasteiger charge is 2.23. The van der Waals surface area contributed by atoms with Crippen LogP contribution in [0.5, 0.6) is 0 Å². The van der Waals surface area contributed by atoms with Gasteiger partial charge in [0.15, 0.2) is 0 Å². The number of aromatic amines is 1. The van der Waals surface area contributed by atoms with Gasteiger partial charge in [-0.2, -0.15) is 5.10 Å². The molecule has 4 rings (SSSR count). The van der Waals surface area contributed by atoms with Crippen molar-refractivity contribution in [1.82, 2.24) is 14.8 Å². The first-order chi connectivity index (χ1) is 11.4. The zero-order valence-corrected chi connectivity index (χ0v) is 14.0. The third kappa shape index (κ3) is 2.22. The average Bonchev–Trinajstić information content (AvgIpc) is 2.84. The second-order valence-electron chi connectivity index (χ2n) is 7.05. The third-order valence-electron chi connectivity index (χ3n) is 4.23. The zero-order valence-electron chi connectivity index (χ0n) is 14.0. The second-order valence-corrected chi connectivity index (χ2v) is 7.05. The van der Waals surface area contributed by atoms with Crippen LogP contribution in [0.15, 0.2) is 59.4 Å². The Morgan fingerprint density at radius 2 is 1.83 bits per heavy atom. The van der Waals surface area contributed by atoms with E-state index in [-0.39, 0.29) is 11.1 Å². The molecule has 0 aliphatic heterocycles. The van der Waals surface area contributed by atoms with Crippen molar-refractivity contribution in [3.8, 4) is 11.1 Å². The highest BCUT2D eigenvalue weighted by atomic mass is 16.1. The van der Waals surface area contributed by atoms with E-state index >= 15 is 0 Å². The summed E-state index contributed by atoms with van der Waals surface area (Å²) in [6.45, 7) is 6.24. The van der Waals surface area contributed by atoms with Crippen LogP contribution in [0, 0.1) is 0 Å². The molecule has 4 heteroatoms. The number of hydrogen-bond donors (Lipinski definition) is 1. The number of nitrogens with zero attached hydrogens (tertiary/aromatic N) is 2. The van der Waals surface area contributed by atoms with E-state index in [1.165, 1.54) is 0 Å². The maximum absolute atomic E-state index is 12.7. The van der Waals surface area contributed by atoms with E-state index in [1.807, 2.05) is 59.3 Å². The maximum Gasteiger partial charge on any atom is 0.257 e. The standard InChI is InChI=1S/C20H19N3O/c1-20(2,3)23-18-16(17(22-23)14-10-7-11-14)12-15(19(24)21-18)13-8-5-4-6-9-13/h4-12H,1-3H3,(H,21,24). The van der Waals surface area contributed by atoms with Crippen LogP contribution in [0.4, 0.5) is 0 Å². The SMILES string of the molecule is CC(C)(C)n1nc(C2=CC=C2)c2cc(-c3ccccc3)c(=O)[nH]c21. The molecule has 3 aromatic rings. The first-order valence-corrected chi connectivity index (χ1v) is 8.06. The molecule has 4 nitrogen and oxygen atoms in total. The molecule has 0 spiro atoms. The summed E-state index contributed by atoms with van der Waals surface area (Å²) in [4.78, 5) is 15.7. The summed E-state index contributed by atoms with van der Waals surface area (Å²) < 4.78 is 1.90. The number of rotatable bonds is 2. The number of fused-ring (bicyclic) bond motifs is 1. The lowest BCUT2D eigenvalue weighted by molar-refractivity contribution is 0.365. The Kier molecular flexibility index (Phi) is 3.10.